The third-order valence-electron chi connectivity index (χ3n) is 3.12. The van der Waals surface area contributed by atoms with Crippen LogP contribution in [0.25, 0.3) is 10.9 Å². The van der Waals surface area contributed by atoms with Gasteiger partial charge in [-0.15, -0.1) is 6.58 Å². The second-order valence-corrected chi connectivity index (χ2v) is 6.34. The summed E-state index contributed by atoms with van der Waals surface area (Å²) in [6.07, 6.45) is 1.57. The Labute approximate surface area is 153 Å². The lowest BCUT2D eigenvalue weighted by molar-refractivity contribution is -0.117. The molecule has 0 aliphatic rings. The number of halogens is 1. The van der Waals surface area contributed by atoms with Crippen molar-refractivity contribution in [2.75, 3.05) is 12.3 Å². The molecular formula is C16H17ClN4O3S. The SMILES string of the molecule is C=CCn1c(SCC(=O)NC(=O)NCC)nc2ccc(Cl)cc2c1=O. The fraction of sp³-hybridized carbons (Fsp3) is 0.250. The predicted molar refractivity (Wildman–Crippen MR) is 99.1 cm³/mol. The van der Waals surface area contributed by atoms with E-state index in [1.165, 1.54) is 4.57 Å². The maximum Gasteiger partial charge on any atom is 0.321 e. The number of nitrogens with one attached hydrogen (secondary N) is 2. The third-order valence-corrected chi connectivity index (χ3v) is 4.33. The quantitative estimate of drug-likeness (QED) is 0.455. The minimum absolute atomic E-state index is 0.0557. The predicted octanol–water partition coefficient (Wildman–Crippen LogP) is 2.17. The van der Waals surface area contributed by atoms with E-state index >= 15 is 0 Å². The van der Waals surface area contributed by atoms with Crippen molar-refractivity contribution in [1.29, 1.82) is 0 Å². The summed E-state index contributed by atoms with van der Waals surface area (Å²) < 4.78 is 1.41. The number of fused-ring (bicyclic) bond motifs is 1. The van der Waals surface area contributed by atoms with Crippen molar-refractivity contribution < 1.29 is 9.59 Å². The molecule has 2 aromatic rings. The molecule has 0 fully saturated rings. The summed E-state index contributed by atoms with van der Waals surface area (Å²) in [6.45, 7) is 6.05. The van der Waals surface area contributed by atoms with E-state index in [1.807, 2.05) is 0 Å². The Morgan fingerprint density at radius 3 is 2.88 bits per heavy atom. The Morgan fingerprint density at radius 1 is 1.44 bits per heavy atom. The highest BCUT2D eigenvalue weighted by Gasteiger charge is 2.14. The van der Waals surface area contributed by atoms with Crippen LogP contribution in [-0.4, -0.2) is 33.8 Å². The van der Waals surface area contributed by atoms with Gasteiger partial charge in [-0.1, -0.05) is 29.4 Å². The average Bonchev–Trinajstić information content (AvgIpc) is 2.56. The number of benzene rings is 1. The minimum atomic E-state index is -0.558. The number of nitrogens with zero attached hydrogens (tertiary/aromatic N) is 2. The topological polar surface area (TPSA) is 93.1 Å². The van der Waals surface area contributed by atoms with Crippen LogP contribution in [0.2, 0.25) is 5.02 Å². The van der Waals surface area contributed by atoms with E-state index in [2.05, 4.69) is 22.2 Å². The van der Waals surface area contributed by atoms with Gasteiger partial charge in [-0.2, -0.15) is 0 Å². The van der Waals surface area contributed by atoms with Crippen LogP contribution in [0.5, 0.6) is 0 Å². The second-order valence-electron chi connectivity index (χ2n) is 4.96. The molecule has 25 heavy (non-hydrogen) atoms. The smallest absolute Gasteiger partial charge is 0.321 e. The number of hydrogen-bond acceptors (Lipinski definition) is 5. The normalized spacial score (nSPS) is 10.5. The number of amides is 3. The highest BCUT2D eigenvalue weighted by molar-refractivity contribution is 7.99. The van der Waals surface area contributed by atoms with Crippen molar-refractivity contribution >= 4 is 46.2 Å². The molecule has 0 saturated carbocycles. The molecule has 0 saturated heterocycles. The molecule has 0 aliphatic carbocycles. The Hall–Kier alpha value is -2.32. The fourth-order valence-electron chi connectivity index (χ4n) is 2.07. The van der Waals surface area contributed by atoms with E-state index < -0.39 is 11.9 Å². The number of allylic oxidation sites excluding steroid dienone is 1. The molecule has 0 aliphatic heterocycles. The lowest BCUT2D eigenvalue weighted by Crippen LogP contribution is -2.40. The first-order valence-corrected chi connectivity index (χ1v) is 8.84. The van der Waals surface area contributed by atoms with Gasteiger partial charge < -0.3 is 5.32 Å². The zero-order valence-electron chi connectivity index (χ0n) is 13.5. The van der Waals surface area contributed by atoms with Crippen LogP contribution >= 0.6 is 23.4 Å². The zero-order chi connectivity index (χ0) is 18.4. The van der Waals surface area contributed by atoms with E-state index in [0.29, 0.717) is 27.6 Å². The van der Waals surface area contributed by atoms with Gasteiger partial charge in [0.25, 0.3) is 5.56 Å². The highest BCUT2D eigenvalue weighted by Crippen LogP contribution is 2.20. The summed E-state index contributed by atoms with van der Waals surface area (Å²) in [5, 5.41) is 5.87. The van der Waals surface area contributed by atoms with Crippen LogP contribution in [-0.2, 0) is 11.3 Å². The van der Waals surface area contributed by atoms with Crippen LogP contribution in [0.1, 0.15) is 6.92 Å². The van der Waals surface area contributed by atoms with E-state index in [4.69, 9.17) is 11.6 Å². The van der Waals surface area contributed by atoms with Gasteiger partial charge in [-0.25, -0.2) is 9.78 Å². The first-order valence-electron chi connectivity index (χ1n) is 7.47. The van der Waals surface area contributed by atoms with Crippen molar-refractivity contribution in [1.82, 2.24) is 20.2 Å². The van der Waals surface area contributed by atoms with Crippen molar-refractivity contribution in [3.05, 3.63) is 46.2 Å². The molecule has 132 valence electrons. The molecule has 0 unspecified atom stereocenters. The minimum Gasteiger partial charge on any atom is -0.338 e. The Morgan fingerprint density at radius 2 is 2.20 bits per heavy atom. The summed E-state index contributed by atoms with van der Waals surface area (Å²) >= 11 is 7.01. The summed E-state index contributed by atoms with van der Waals surface area (Å²) in [6, 6.07) is 4.29. The van der Waals surface area contributed by atoms with Gasteiger partial charge in [0.15, 0.2) is 5.16 Å². The van der Waals surface area contributed by atoms with Crippen LogP contribution in [0.4, 0.5) is 4.79 Å². The molecule has 3 amide bonds. The number of carbonyl (C=O) groups is 2. The second kappa shape index (κ2) is 8.68. The van der Waals surface area contributed by atoms with Gasteiger partial charge in [-0.3, -0.25) is 19.5 Å². The van der Waals surface area contributed by atoms with Crippen molar-refractivity contribution in [3.8, 4) is 0 Å². The molecule has 0 spiro atoms. The maximum atomic E-state index is 12.6. The first kappa shape index (κ1) is 19.0. The van der Waals surface area contributed by atoms with Gasteiger partial charge in [0, 0.05) is 18.1 Å². The van der Waals surface area contributed by atoms with Crippen molar-refractivity contribution in [3.63, 3.8) is 0 Å². The molecule has 1 aromatic carbocycles. The van der Waals surface area contributed by atoms with E-state index in [9.17, 15) is 14.4 Å². The summed E-state index contributed by atoms with van der Waals surface area (Å²) in [7, 11) is 0. The number of rotatable bonds is 6. The molecule has 1 heterocycles. The molecule has 2 N–H and O–H groups in total. The number of aromatic nitrogens is 2. The summed E-state index contributed by atoms with van der Waals surface area (Å²) in [5.41, 5.74) is 0.223. The number of urea groups is 1. The Kier molecular flexibility index (Phi) is 6.60. The highest BCUT2D eigenvalue weighted by atomic mass is 35.5. The van der Waals surface area contributed by atoms with Crippen molar-refractivity contribution in [2.24, 2.45) is 0 Å². The number of hydrogen-bond donors (Lipinski definition) is 2. The molecule has 0 radical (unpaired) electrons. The van der Waals surface area contributed by atoms with E-state index in [0.717, 1.165) is 11.8 Å². The number of carbonyl (C=O) groups excluding carboxylic acids is 2. The molecule has 9 heteroatoms. The molecule has 0 bridgehead atoms. The average molecular weight is 381 g/mol. The van der Waals surface area contributed by atoms with Crippen LogP contribution in [0.3, 0.4) is 0 Å². The van der Waals surface area contributed by atoms with E-state index in [-0.39, 0.29) is 17.9 Å². The fourth-order valence-corrected chi connectivity index (χ4v) is 3.05. The van der Waals surface area contributed by atoms with Gasteiger partial charge in [0.05, 0.1) is 16.7 Å². The van der Waals surface area contributed by atoms with Crippen LogP contribution in [0, 0.1) is 0 Å². The molecular weight excluding hydrogens is 364 g/mol. The largest absolute Gasteiger partial charge is 0.338 e. The van der Waals surface area contributed by atoms with E-state index in [1.54, 1.807) is 31.2 Å². The number of imide groups is 1. The Bertz CT molecular complexity index is 882. The van der Waals surface area contributed by atoms with Gasteiger partial charge >= 0.3 is 6.03 Å². The lowest BCUT2D eigenvalue weighted by atomic mass is 10.2. The molecule has 7 nitrogen and oxygen atoms in total. The maximum absolute atomic E-state index is 12.6. The van der Waals surface area contributed by atoms with Gasteiger partial charge in [-0.05, 0) is 25.1 Å². The lowest BCUT2D eigenvalue weighted by Gasteiger charge is -2.11. The van der Waals surface area contributed by atoms with Gasteiger partial charge in [0.2, 0.25) is 5.91 Å². The summed E-state index contributed by atoms with van der Waals surface area (Å²) in [4.78, 5) is 40.2. The number of thioether (sulfide) groups is 1. The molecule has 2 rings (SSSR count). The first-order chi connectivity index (χ1) is 12.0. The third kappa shape index (κ3) is 4.83. The standard InChI is InChI=1S/C16H17ClN4O3S/c1-3-7-21-14(23)11-8-10(17)5-6-12(11)19-16(21)25-9-13(22)20-15(24)18-4-2/h3,5-6,8H,1,4,7,9H2,2H3,(H2,18,20,22,24). The van der Waals surface area contributed by atoms with Gasteiger partial charge in [0.1, 0.15) is 0 Å². The monoisotopic (exact) mass is 380 g/mol. The molecule has 0 atom stereocenters. The van der Waals surface area contributed by atoms with Crippen LogP contribution < -0.4 is 16.2 Å². The molecule has 1 aromatic heterocycles. The summed E-state index contributed by atoms with van der Waals surface area (Å²) in [5.74, 6) is -0.536. The van der Waals surface area contributed by atoms with Crippen molar-refractivity contribution in [2.45, 2.75) is 18.6 Å². The zero-order valence-corrected chi connectivity index (χ0v) is 15.1. The van der Waals surface area contributed by atoms with Crippen LogP contribution in [0.15, 0.2) is 40.8 Å². The Balaban J connectivity index is 2.27.